The fourth-order valence-electron chi connectivity index (χ4n) is 2.93. The van der Waals surface area contributed by atoms with E-state index in [0.29, 0.717) is 31.2 Å². The van der Waals surface area contributed by atoms with Crippen LogP contribution in [0.2, 0.25) is 0 Å². The van der Waals surface area contributed by atoms with Crippen LogP contribution in [0.4, 0.5) is 5.82 Å². The molecule has 0 radical (unpaired) electrons. The first-order chi connectivity index (χ1) is 12.1. The number of hydrogen-bond acceptors (Lipinski definition) is 4. The molecule has 1 aliphatic rings. The third kappa shape index (κ3) is 4.37. The Morgan fingerprint density at radius 2 is 1.92 bits per heavy atom. The van der Waals surface area contributed by atoms with E-state index >= 15 is 0 Å². The molecular formula is C20H25N3O2. The SMILES string of the molecule is CC(C)c1ccc(C(=O)NCc2cccnc2N2CCOCC2)cc1. The quantitative estimate of drug-likeness (QED) is 0.910. The van der Waals surface area contributed by atoms with E-state index in [2.05, 4.69) is 29.0 Å². The van der Waals surface area contributed by atoms with Gasteiger partial charge in [-0.15, -0.1) is 0 Å². The van der Waals surface area contributed by atoms with Crippen LogP contribution in [0.25, 0.3) is 0 Å². The second-order valence-corrected chi connectivity index (χ2v) is 6.54. The second kappa shape index (κ2) is 8.12. The Bertz CT molecular complexity index is 707. The Kier molecular flexibility index (Phi) is 5.66. The molecular weight excluding hydrogens is 314 g/mol. The lowest BCUT2D eigenvalue weighted by Gasteiger charge is -2.29. The highest BCUT2D eigenvalue weighted by Crippen LogP contribution is 2.19. The molecule has 2 aromatic rings. The number of rotatable bonds is 5. The number of benzene rings is 1. The second-order valence-electron chi connectivity index (χ2n) is 6.54. The third-order valence-corrected chi connectivity index (χ3v) is 4.46. The molecule has 1 aromatic heterocycles. The first kappa shape index (κ1) is 17.4. The van der Waals surface area contributed by atoms with Crippen molar-refractivity contribution >= 4 is 11.7 Å². The maximum absolute atomic E-state index is 12.4. The fourth-order valence-corrected chi connectivity index (χ4v) is 2.93. The van der Waals surface area contributed by atoms with Crippen LogP contribution in [0, 0.1) is 0 Å². The number of nitrogens with zero attached hydrogens (tertiary/aromatic N) is 2. The van der Waals surface area contributed by atoms with E-state index in [0.717, 1.165) is 24.5 Å². The first-order valence-electron chi connectivity index (χ1n) is 8.80. The third-order valence-electron chi connectivity index (χ3n) is 4.46. The van der Waals surface area contributed by atoms with Crippen molar-refractivity contribution in [2.75, 3.05) is 31.2 Å². The van der Waals surface area contributed by atoms with Gasteiger partial charge in [0.25, 0.3) is 5.91 Å². The number of amides is 1. The lowest BCUT2D eigenvalue weighted by molar-refractivity contribution is 0.0950. The molecule has 0 unspecified atom stereocenters. The van der Waals surface area contributed by atoms with Gasteiger partial charge in [0.05, 0.1) is 13.2 Å². The minimum atomic E-state index is -0.0629. The number of aromatic nitrogens is 1. The summed E-state index contributed by atoms with van der Waals surface area (Å²) < 4.78 is 5.40. The minimum absolute atomic E-state index is 0.0629. The van der Waals surface area contributed by atoms with E-state index in [9.17, 15) is 4.79 Å². The summed E-state index contributed by atoms with van der Waals surface area (Å²) in [5.41, 5.74) is 2.94. The Morgan fingerprint density at radius 1 is 1.20 bits per heavy atom. The zero-order valence-corrected chi connectivity index (χ0v) is 14.9. The van der Waals surface area contributed by atoms with Crippen LogP contribution in [0.3, 0.4) is 0 Å². The molecule has 3 rings (SSSR count). The Labute approximate surface area is 149 Å². The number of pyridine rings is 1. The molecule has 0 aliphatic carbocycles. The van der Waals surface area contributed by atoms with Crippen molar-refractivity contribution < 1.29 is 9.53 Å². The van der Waals surface area contributed by atoms with Crippen LogP contribution in [-0.2, 0) is 11.3 Å². The van der Waals surface area contributed by atoms with Crippen LogP contribution in [0.5, 0.6) is 0 Å². The zero-order valence-electron chi connectivity index (χ0n) is 14.9. The summed E-state index contributed by atoms with van der Waals surface area (Å²) in [6.07, 6.45) is 1.79. The Balaban J connectivity index is 1.66. The van der Waals surface area contributed by atoms with Crippen LogP contribution in [0.15, 0.2) is 42.6 Å². The molecule has 132 valence electrons. The number of hydrogen-bond donors (Lipinski definition) is 1. The molecule has 5 heteroatoms. The van der Waals surface area contributed by atoms with E-state index in [1.54, 1.807) is 6.20 Å². The standard InChI is InChI=1S/C20H25N3O2/c1-15(2)16-5-7-17(8-6-16)20(24)22-14-18-4-3-9-21-19(18)23-10-12-25-13-11-23/h3-9,15H,10-14H2,1-2H3,(H,22,24). The summed E-state index contributed by atoms with van der Waals surface area (Å²) in [6.45, 7) is 7.83. The lowest BCUT2D eigenvalue weighted by Crippen LogP contribution is -2.37. The van der Waals surface area contributed by atoms with E-state index < -0.39 is 0 Å². The normalized spacial score (nSPS) is 14.6. The molecule has 2 heterocycles. The summed E-state index contributed by atoms with van der Waals surface area (Å²) in [6, 6.07) is 11.7. The molecule has 1 saturated heterocycles. The highest BCUT2D eigenvalue weighted by Gasteiger charge is 2.16. The maximum Gasteiger partial charge on any atom is 0.251 e. The molecule has 1 amide bonds. The van der Waals surface area contributed by atoms with Crippen molar-refractivity contribution in [2.45, 2.75) is 26.3 Å². The molecule has 5 nitrogen and oxygen atoms in total. The Morgan fingerprint density at radius 3 is 2.60 bits per heavy atom. The summed E-state index contributed by atoms with van der Waals surface area (Å²) in [7, 11) is 0. The molecule has 1 aromatic carbocycles. The van der Waals surface area contributed by atoms with Gasteiger partial charge < -0.3 is 15.0 Å². The van der Waals surface area contributed by atoms with Gasteiger partial charge in [-0.3, -0.25) is 4.79 Å². The van der Waals surface area contributed by atoms with Gasteiger partial charge in [0.1, 0.15) is 5.82 Å². The molecule has 0 atom stereocenters. The summed E-state index contributed by atoms with van der Waals surface area (Å²) in [5, 5.41) is 3.01. The summed E-state index contributed by atoms with van der Waals surface area (Å²) in [5.74, 6) is 1.33. The predicted molar refractivity (Wildman–Crippen MR) is 99.0 cm³/mol. The molecule has 0 spiro atoms. The number of anilines is 1. The molecule has 1 fully saturated rings. The smallest absolute Gasteiger partial charge is 0.251 e. The fraction of sp³-hybridized carbons (Fsp3) is 0.400. The molecule has 1 aliphatic heterocycles. The summed E-state index contributed by atoms with van der Waals surface area (Å²) >= 11 is 0. The van der Waals surface area contributed by atoms with Gasteiger partial charge in [0.15, 0.2) is 0 Å². The van der Waals surface area contributed by atoms with Crippen molar-refractivity contribution in [1.29, 1.82) is 0 Å². The number of carbonyl (C=O) groups is 1. The molecule has 0 bridgehead atoms. The lowest BCUT2D eigenvalue weighted by atomic mass is 10.0. The van der Waals surface area contributed by atoms with E-state index in [1.807, 2.05) is 36.4 Å². The van der Waals surface area contributed by atoms with E-state index in [4.69, 9.17) is 4.74 Å². The van der Waals surface area contributed by atoms with Gasteiger partial charge in [-0.25, -0.2) is 4.98 Å². The van der Waals surface area contributed by atoms with Crippen molar-refractivity contribution in [3.63, 3.8) is 0 Å². The Hall–Kier alpha value is -2.40. The van der Waals surface area contributed by atoms with Crippen LogP contribution < -0.4 is 10.2 Å². The minimum Gasteiger partial charge on any atom is -0.378 e. The highest BCUT2D eigenvalue weighted by atomic mass is 16.5. The van der Waals surface area contributed by atoms with Crippen LogP contribution >= 0.6 is 0 Å². The molecule has 25 heavy (non-hydrogen) atoms. The van der Waals surface area contributed by atoms with Gasteiger partial charge in [0.2, 0.25) is 0 Å². The first-order valence-corrected chi connectivity index (χ1v) is 8.80. The van der Waals surface area contributed by atoms with Crippen molar-refractivity contribution in [1.82, 2.24) is 10.3 Å². The highest BCUT2D eigenvalue weighted by molar-refractivity contribution is 5.94. The van der Waals surface area contributed by atoms with Gasteiger partial charge in [-0.1, -0.05) is 32.0 Å². The van der Waals surface area contributed by atoms with Gasteiger partial charge >= 0.3 is 0 Å². The van der Waals surface area contributed by atoms with Crippen LogP contribution in [0.1, 0.15) is 41.3 Å². The van der Waals surface area contributed by atoms with E-state index in [1.165, 1.54) is 5.56 Å². The largest absolute Gasteiger partial charge is 0.378 e. The zero-order chi connectivity index (χ0) is 17.6. The van der Waals surface area contributed by atoms with Crippen molar-refractivity contribution in [3.8, 4) is 0 Å². The predicted octanol–water partition coefficient (Wildman–Crippen LogP) is 2.97. The number of nitrogens with one attached hydrogen (secondary N) is 1. The van der Waals surface area contributed by atoms with Gasteiger partial charge in [-0.2, -0.15) is 0 Å². The monoisotopic (exact) mass is 339 g/mol. The topological polar surface area (TPSA) is 54.5 Å². The van der Waals surface area contributed by atoms with Gasteiger partial charge in [-0.05, 0) is 29.7 Å². The maximum atomic E-state index is 12.4. The van der Waals surface area contributed by atoms with E-state index in [-0.39, 0.29) is 5.91 Å². The number of ether oxygens (including phenoxy) is 1. The average molecular weight is 339 g/mol. The van der Waals surface area contributed by atoms with Crippen LogP contribution in [-0.4, -0.2) is 37.2 Å². The average Bonchev–Trinajstić information content (AvgIpc) is 2.67. The number of carbonyl (C=O) groups excluding carboxylic acids is 1. The van der Waals surface area contributed by atoms with Gasteiger partial charge in [0, 0.05) is 37.0 Å². The van der Waals surface area contributed by atoms with Crippen molar-refractivity contribution in [3.05, 3.63) is 59.3 Å². The van der Waals surface area contributed by atoms with Crippen molar-refractivity contribution in [2.24, 2.45) is 0 Å². The summed E-state index contributed by atoms with van der Waals surface area (Å²) in [4.78, 5) is 19.1. The molecule has 0 saturated carbocycles. The number of morpholine rings is 1. The molecule has 1 N–H and O–H groups in total.